The highest BCUT2D eigenvalue weighted by molar-refractivity contribution is 5.97. The molecule has 2 aromatic rings. The van der Waals surface area contributed by atoms with Crippen LogP contribution in [0.25, 0.3) is 11.1 Å². The zero-order valence-electron chi connectivity index (χ0n) is 10.1. The molecule has 0 aliphatic heterocycles. The summed E-state index contributed by atoms with van der Waals surface area (Å²) in [5.74, 6) is -1.28. The van der Waals surface area contributed by atoms with Gasteiger partial charge in [-0.05, 0) is 17.7 Å². The molecule has 0 fully saturated rings. The third kappa shape index (κ3) is 2.33. The van der Waals surface area contributed by atoms with E-state index in [9.17, 15) is 20.0 Å². The predicted molar refractivity (Wildman–Crippen MR) is 70.2 cm³/mol. The first kappa shape index (κ1) is 13.2. The lowest BCUT2D eigenvalue weighted by Gasteiger charge is -2.07. The fraction of sp³-hybridized carbons (Fsp3) is 0. The smallest absolute Gasteiger partial charge is 0.336 e. The van der Waals surface area contributed by atoms with E-state index >= 15 is 0 Å². The van der Waals surface area contributed by atoms with E-state index < -0.39 is 10.9 Å². The van der Waals surface area contributed by atoms with Gasteiger partial charge in [0.05, 0.1) is 22.1 Å². The minimum Gasteiger partial charge on any atom is -0.478 e. The van der Waals surface area contributed by atoms with E-state index in [0.717, 1.165) is 6.07 Å². The van der Waals surface area contributed by atoms with Crippen LogP contribution in [0.5, 0.6) is 0 Å². The molecule has 20 heavy (non-hydrogen) atoms. The van der Waals surface area contributed by atoms with Gasteiger partial charge in [-0.2, -0.15) is 5.26 Å². The molecule has 0 aliphatic carbocycles. The Labute approximate surface area is 113 Å². The minimum atomic E-state index is -1.28. The van der Waals surface area contributed by atoms with Crippen molar-refractivity contribution >= 4 is 11.7 Å². The highest BCUT2D eigenvalue weighted by atomic mass is 16.6. The number of carboxylic acid groups (broad SMARTS) is 1. The van der Waals surface area contributed by atoms with Gasteiger partial charge in [0.1, 0.15) is 0 Å². The van der Waals surface area contributed by atoms with Crippen LogP contribution in [0.2, 0.25) is 0 Å². The lowest BCUT2D eigenvalue weighted by atomic mass is 9.95. The number of nitro groups is 1. The minimum absolute atomic E-state index is 0.207. The second-order valence-electron chi connectivity index (χ2n) is 3.95. The van der Waals surface area contributed by atoms with E-state index in [4.69, 9.17) is 5.26 Å². The first-order chi connectivity index (χ1) is 9.54. The van der Waals surface area contributed by atoms with E-state index in [-0.39, 0.29) is 16.8 Å². The second-order valence-corrected chi connectivity index (χ2v) is 3.95. The van der Waals surface area contributed by atoms with Crippen LogP contribution in [0.1, 0.15) is 15.9 Å². The molecule has 1 N–H and O–H groups in total. The van der Waals surface area contributed by atoms with Crippen LogP contribution in [0, 0.1) is 21.4 Å². The van der Waals surface area contributed by atoms with Crippen LogP contribution >= 0.6 is 0 Å². The Morgan fingerprint density at radius 3 is 2.50 bits per heavy atom. The zero-order valence-corrected chi connectivity index (χ0v) is 10.1. The van der Waals surface area contributed by atoms with Crippen LogP contribution in [0.4, 0.5) is 5.69 Å². The van der Waals surface area contributed by atoms with Crippen molar-refractivity contribution in [3.8, 4) is 17.2 Å². The van der Waals surface area contributed by atoms with Crippen LogP contribution in [-0.2, 0) is 0 Å². The van der Waals surface area contributed by atoms with Gasteiger partial charge in [-0.15, -0.1) is 0 Å². The van der Waals surface area contributed by atoms with Crippen LogP contribution < -0.4 is 0 Å². The highest BCUT2D eigenvalue weighted by Crippen LogP contribution is 2.29. The van der Waals surface area contributed by atoms with Crippen LogP contribution in [0.3, 0.4) is 0 Å². The maximum atomic E-state index is 11.3. The Bertz CT molecular complexity index is 747. The van der Waals surface area contributed by atoms with E-state index in [1.54, 1.807) is 24.3 Å². The van der Waals surface area contributed by atoms with Gasteiger partial charge in [-0.1, -0.05) is 18.2 Å². The fourth-order valence-corrected chi connectivity index (χ4v) is 1.87. The van der Waals surface area contributed by atoms with Gasteiger partial charge in [0.2, 0.25) is 0 Å². The molecule has 0 heterocycles. The lowest BCUT2D eigenvalue weighted by Crippen LogP contribution is -2.02. The number of non-ortho nitro benzene ring substituents is 1. The lowest BCUT2D eigenvalue weighted by molar-refractivity contribution is -0.384. The Hall–Kier alpha value is -3.20. The van der Waals surface area contributed by atoms with E-state index in [1.807, 2.05) is 6.07 Å². The molecule has 2 rings (SSSR count). The van der Waals surface area contributed by atoms with Crippen molar-refractivity contribution in [3.05, 3.63) is 63.7 Å². The number of aromatic carboxylic acids is 1. The third-order valence-electron chi connectivity index (χ3n) is 2.78. The number of hydrogen-bond donors (Lipinski definition) is 1. The molecule has 98 valence electrons. The molecule has 0 bridgehead atoms. The summed E-state index contributed by atoms with van der Waals surface area (Å²) >= 11 is 0. The Morgan fingerprint density at radius 1 is 1.20 bits per heavy atom. The molecule has 0 saturated carbocycles. The fourth-order valence-electron chi connectivity index (χ4n) is 1.87. The largest absolute Gasteiger partial charge is 0.478 e. The summed E-state index contributed by atoms with van der Waals surface area (Å²) in [5.41, 5.74) is 0.508. The molecule has 0 unspecified atom stereocenters. The number of hydrogen-bond acceptors (Lipinski definition) is 4. The van der Waals surface area contributed by atoms with Gasteiger partial charge in [0.15, 0.2) is 0 Å². The van der Waals surface area contributed by atoms with Crippen molar-refractivity contribution in [2.75, 3.05) is 0 Å². The molecule has 0 atom stereocenters. The van der Waals surface area contributed by atoms with Gasteiger partial charge in [-0.25, -0.2) is 4.79 Å². The number of nitrogens with zero attached hydrogens (tertiary/aromatic N) is 2. The monoisotopic (exact) mass is 268 g/mol. The summed E-state index contributed by atoms with van der Waals surface area (Å²) in [6.45, 7) is 0. The van der Waals surface area contributed by atoms with Crippen molar-refractivity contribution in [1.29, 1.82) is 5.26 Å². The maximum Gasteiger partial charge on any atom is 0.336 e. The summed E-state index contributed by atoms with van der Waals surface area (Å²) in [4.78, 5) is 21.3. The Balaban J connectivity index is 2.72. The molecule has 0 radical (unpaired) electrons. The van der Waals surface area contributed by atoms with Crippen molar-refractivity contribution in [1.82, 2.24) is 0 Å². The third-order valence-corrected chi connectivity index (χ3v) is 2.78. The van der Waals surface area contributed by atoms with E-state index in [1.165, 1.54) is 12.1 Å². The van der Waals surface area contributed by atoms with Crippen LogP contribution in [0.15, 0.2) is 42.5 Å². The van der Waals surface area contributed by atoms with Crippen molar-refractivity contribution < 1.29 is 14.8 Å². The molecule has 0 aliphatic rings. The van der Waals surface area contributed by atoms with Crippen molar-refractivity contribution in [2.24, 2.45) is 0 Å². The second kappa shape index (κ2) is 5.20. The molecule has 2 aromatic carbocycles. The maximum absolute atomic E-state index is 11.3. The summed E-state index contributed by atoms with van der Waals surface area (Å²) in [5, 5.41) is 28.9. The Kier molecular flexibility index (Phi) is 3.44. The SMILES string of the molecule is N#Cc1ccccc1-c1ccc([N+](=O)[O-])cc1C(=O)O. The highest BCUT2D eigenvalue weighted by Gasteiger charge is 2.18. The standard InChI is InChI=1S/C14H8N2O4/c15-8-9-3-1-2-4-11(9)12-6-5-10(16(19)20)7-13(12)14(17)18/h1-7H,(H,17,18). The average Bonchev–Trinajstić information content (AvgIpc) is 2.46. The topological polar surface area (TPSA) is 104 Å². The molecule has 0 spiro atoms. The molecule has 0 aromatic heterocycles. The average molecular weight is 268 g/mol. The van der Waals surface area contributed by atoms with Crippen LogP contribution in [-0.4, -0.2) is 16.0 Å². The molecular formula is C14H8N2O4. The summed E-state index contributed by atoms with van der Waals surface area (Å²) < 4.78 is 0. The quantitative estimate of drug-likeness (QED) is 0.680. The van der Waals surface area contributed by atoms with Crippen molar-refractivity contribution in [3.63, 3.8) is 0 Å². The Morgan fingerprint density at radius 2 is 1.90 bits per heavy atom. The summed E-state index contributed by atoms with van der Waals surface area (Å²) in [6, 6.07) is 12.0. The van der Waals surface area contributed by atoms with Gasteiger partial charge in [0, 0.05) is 17.7 Å². The van der Waals surface area contributed by atoms with Gasteiger partial charge < -0.3 is 5.11 Å². The van der Waals surface area contributed by atoms with Gasteiger partial charge in [0.25, 0.3) is 5.69 Å². The number of carboxylic acids is 1. The van der Waals surface area contributed by atoms with E-state index in [0.29, 0.717) is 11.1 Å². The van der Waals surface area contributed by atoms with Crippen molar-refractivity contribution in [2.45, 2.75) is 0 Å². The predicted octanol–water partition coefficient (Wildman–Crippen LogP) is 2.83. The first-order valence-corrected chi connectivity index (χ1v) is 5.56. The number of nitriles is 1. The van der Waals surface area contributed by atoms with E-state index in [2.05, 4.69) is 0 Å². The molecule has 6 nitrogen and oxygen atoms in total. The molecule has 0 amide bonds. The molecule has 0 saturated heterocycles. The number of benzene rings is 2. The summed E-state index contributed by atoms with van der Waals surface area (Å²) in [6.07, 6.45) is 0. The summed E-state index contributed by atoms with van der Waals surface area (Å²) in [7, 11) is 0. The molecular weight excluding hydrogens is 260 g/mol. The number of carbonyl (C=O) groups is 1. The normalized spacial score (nSPS) is 9.75. The zero-order chi connectivity index (χ0) is 14.7. The van der Waals surface area contributed by atoms with Gasteiger partial charge >= 0.3 is 5.97 Å². The van der Waals surface area contributed by atoms with Gasteiger partial charge in [-0.3, -0.25) is 10.1 Å². The first-order valence-electron chi connectivity index (χ1n) is 5.56. The number of nitro benzene ring substituents is 1. The number of rotatable bonds is 3. The molecule has 6 heteroatoms.